The molecule has 2 aliphatic heterocycles. The topological polar surface area (TPSA) is 75.5 Å². The Balaban J connectivity index is 1.85. The maximum Gasteiger partial charge on any atom is 0.324 e. The predicted molar refractivity (Wildman–Crippen MR) is 75.9 cm³/mol. The largest absolute Gasteiger partial charge is 0.332 e. The zero-order valence-electron chi connectivity index (χ0n) is 11.5. The van der Waals surface area contributed by atoms with Crippen molar-refractivity contribution in [3.63, 3.8) is 0 Å². The molecule has 7 heteroatoms. The summed E-state index contributed by atoms with van der Waals surface area (Å²) >= 11 is 0.959. The van der Waals surface area contributed by atoms with Gasteiger partial charge in [-0.25, -0.2) is 0 Å². The maximum absolute atomic E-state index is 12.6. The number of nitrogens with zero attached hydrogens (tertiary/aromatic N) is 2. The highest BCUT2D eigenvalue weighted by atomic mass is 32.1. The minimum absolute atomic E-state index is 0.0206. The third-order valence-corrected chi connectivity index (χ3v) is 5.61. The summed E-state index contributed by atoms with van der Waals surface area (Å²) in [6.07, 6.45) is 0. The van der Waals surface area contributed by atoms with E-state index in [1.54, 1.807) is 6.07 Å². The van der Waals surface area contributed by atoms with E-state index in [2.05, 4.69) is 19.2 Å². The number of nitro groups is 1. The first-order valence-corrected chi connectivity index (χ1v) is 7.50. The van der Waals surface area contributed by atoms with Crippen LogP contribution < -0.4 is 5.32 Å². The van der Waals surface area contributed by atoms with Crippen molar-refractivity contribution in [3.8, 4) is 0 Å². The molecular formula is C13H17N3O3S. The Labute approximate surface area is 120 Å². The molecule has 0 bridgehead atoms. The first-order valence-electron chi connectivity index (χ1n) is 6.68. The van der Waals surface area contributed by atoms with Gasteiger partial charge in [-0.1, -0.05) is 11.3 Å². The number of rotatable bonds is 2. The SMILES string of the molecule is CC1(C)C2CNCC2CN1C(=O)c1ccc([N+](=O)[O-])s1. The van der Waals surface area contributed by atoms with Crippen LogP contribution in [0.2, 0.25) is 0 Å². The summed E-state index contributed by atoms with van der Waals surface area (Å²) in [5, 5.41) is 14.1. The normalized spacial score (nSPS) is 27.6. The minimum Gasteiger partial charge on any atom is -0.332 e. The fraction of sp³-hybridized carbons (Fsp3) is 0.615. The van der Waals surface area contributed by atoms with E-state index in [4.69, 9.17) is 0 Å². The Morgan fingerprint density at radius 3 is 2.85 bits per heavy atom. The summed E-state index contributed by atoms with van der Waals surface area (Å²) < 4.78 is 0. The Hall–Kier alpha value is -1.47. The number of amides is 1. The third-order valence-electron chi connectivity index (χ3n) is 4.59. The van der Waals surface area contributed by atoms with Gasteiger partial charge in [0.25, 0.3) is 5.91 Å². The van der Waals surface area contributed by atoms with Crippen LogP contribution in [-0.4, -0.2) is 40.9 Å². The quantitative estimate of drug-likeness (QED) is 0.666. The Kier molecular flexibility index (Phi) is 3.06. The molecule has 2 saturated heterocycles. The molecule has 2 fully saturated rings. The fourth-order valence-corrected chi connectivity index (χ4v) is 4.21. The number of carbonyl (C=O) groups excluding carboxylic acids is 1. The van der Waals surface area contributed by atoms with Crippen LogP contribution in [0.5, 0.6) is 0 Å². The van der Waals surface area contributed by atoms with Crippen LogP contribution in [-0.2, 0) is 0 Å². The van der Waals surface area contributed by atoms with Gasteiger partial charge in [0.1, 0.15) is 0 Å². The number of nitrogens with one attached hydrogen (secondary N) is 1. The molecule has 2 atom stereocenters. The van der Waals surface area contributed by atoms with Crippen LogP contribution in [0, 0.1) is 22.0 Å². The molecule has 108 valence electrons. The van der Waals surface area contributed by atoms with Crippen molar-refractivity contribution in [2.75, 3.05) is 19.6 Å². The molecule has 1 aromatic heterocycles. The van der Waals surface area contributed by atoms with Gasteiger partial charge in [0.05, 0.1) is 9.80 Å². The van der Waals surface area contributed by atoms with Crippen LogP contribution in [0.1, 0.15) is 23.5 Å². The lowest BCUT2D eigenvalue weighted by atomic mass is 9.85. The summed E-state index contributed by atoms with van der Waals surface area (Å²) in [6.45, 7) is 6.79. The molecule has 2 unspecified atom stereocenters. The van der Waals surface area contributed by atoms with E-state index < -0.39 is 4.92 Å². The van der Waals surface area contributed by atoms with Gasteiger partial charge in [-0.3, -0.25) is 14.9 Å². The van der Waals surface area contributed by atoms with Gasteiger partial charge in [-0.2, -0.15) is 0 Å². The minimum atomic E-state index is -0.449. The van der Waals surface area contributed by atoms with Crippen LogP contribution in [0.3, 0.4) is 0 Å². The van der Waals surface area contributed by atoms with E-state index in [1.807, 2.05) is 4.90 Å². The second-order valence-electron chi connectivity index (χ2n) is 5.99. The number of hydrogen-bond donors (Lipinski definition) is 1. The third kappa shape index (κ3) is 1.92. The number of thiophene rings is 1. The Morgan fingerprint density at radius 1 is 1.50 bits per heavy atom. The molecule has 0 aliphatic carbocycles. The zero-order chi connectivity index (χ0) is 14.5. The van der Waals surface area contributed by atoms with Crippen molar-refractivity contribution in [2.45, 2.75) is 19.4 Å². The maximum atomic E-state index is 12.6. The van der Waals surface area contributed by atoms with E-state index in [-0.39, 0.29) is 16.4 Å². The van der Waals surface area contributed by atoms with Gasteiger partial charge in [-0.15, -0.1) is 0 Å². The van der Waals surface area contributed by atoms with Crippen molar-refractivity contribution < 1.29 is 9.72 Å². The average Bonchev–Trinajstić information content (AvgIpc) is 3.06. The lowest BCUT2D eigenvalue weighted by Gasteiger charge is -2.35. The van der Waals surface area contributed by atoms with Crippen LogP contribution in [0.15, 0.2) is 12.1 Å². The summed E-state index contributed by atoms with van der Waals surface area (Å²) in [7, 11) is 0. The Bertz CT molecular complexity index is 569. The summed E-state index contributed by atoms with van der Waals surface area (Å²) in [5.41, 5.74) is -0.204. The van der Waals surface area contributed by atoms with Crippen molar-refractivity contribution >= 4 is 22.2 Å². The lowest BCUT2D eigenvalue weighted by Crippen LogP contribution is -2.47. The Morgan fingerprint density at radius 2 is 2.25 bits per heavy atom. The smallest absolute Gasteiger partial charge is 0.324 e. The number of hydrogen-bond acceptors (Lipinski definition) is 5. The van der Waals surface area contributed by atoms with Gasteiger partial charge < -0.3 is 10.2 Å². The van der Waals surface area contributed by atoms with Gasteiger partial charge in [0.2, 0.25) is 0 Å². The highest BCUT2D eigenvalue weighted by Crippen LogP contribution is 2.42. The molecule has 0 spiro atoms. The van der Waals surface area contributed by atoms with Gasteiger partial charge in [0.15, 0.2) is 0 Å². The molecule has 1 aromatic rings. The summed E-state index contributed by atoms with van der Waals surface area (Å²) in [4.78, 5) is 25.2. The molecule has 1 N–H and O–H groups in total. The van der Waals surface area contributed by atoms with Crippen molar-refractivity contribution in [2.24, 2.45) is 11.8 Å². The van der Waals surface area contributed by atoms with Gasteiger partial charge in [0, 0.05) is 31.2 Å². The van der Waals surface area contributed by atoms with Gasteiger partial charge in [-0.05, 0) is 31.7 Å². The van der Waals surface area contributed by atoms with Gasteiger partial charge >= 0.3 is 5.00 Å². The number of likely N-dealkylation sites (tertiary alicyclic amines) is 1. The molecular weight excluding hydrogens is 278 g/mol. The van der Waals surface area contributed by atoms with E-state index in [9.17, 15) is 14.9 Å². The molecule has 6 nitrogen and oxygen atoms in total. The highest BCUT2D eigenvalue weighted by Gasteiger charge is 2.51. The van der Waals surface area contributed by atoms with Crippen molar-refractivity contribution in [1.82, 2.24) is 10.2 Å². The first kappa shape index (κ1) is 13.5. The van der Waals surface area contributed by atoms with Crippen molar-refractivity contribution in [1.29, 1.82) is 0 Å². The second kappa shape index (κ2) is 4.53. The fourth-order valence-electron chi connectivity index (χ4n) is 3.44. The molecule has 0 radical (unpaired) electrons. The molecule has 20 heavy (non-hydrogen) atoms. The van der Waals surface area contributed by atoms with E-state index in [0.717, 1.165) is 31.0 Å². The van der Waals surface area contributed by atoms with E-state index in [0.29, 0.717) is 16.7 Å². The predicted octanol–water partition coefficient (Wildman–Crippen LogP) is 1.73. The monoisotopic (exact) mass is 295 g/mol. The van der Waals surface area contributed by atoms with E-state index >= 15 is 0 Å². The van der Waals surface area contributed by atoms with E-state index in [1.165, 1.54) is 6.07 Å². The molecule has 2 aliphatic rings. The second-order valence-corrected chi connectivity index (χ2v) is 7.05. The standard InChI is InChI=1S/C13H17N3O3S/c1-13(2)9-6-14-5-8(9)7-15(13)12(17)10-3-4-11(20-10)16(18)19/h3-4,8-9,14H,5-7H2,1-2H3. The molecule has 0 aromatic carbocycles. The highest BCUT2D eigenvalue weighted by molar-refractivity contribution is 7.17. The zero-order valence-corrected chi connectivity index (χ0v) is 12.3. The molecule has 3 heterocycles. The average molecular weight is 295 g/mol. The first-order chi connectivity index (χ1) is 9.41. The summed E-state index contributed by atoms with van der Waals surface area (Å²) in [5.74, 6) is 0.868. The van der Waals surface area contributed by atoms with Crippen molar-refractivity contribution in [3.05, 3.63) is 27.1 Å². The molecule has 3 rings (SSSR count). The summed E-state index contributed by atoms with van der Waals surface area (Å²) in [6, 6.07) is 2.97. The van der Waals surface area contributed by atoms with Crippen LogP contribution in [0.25, 0.3) is 0 Å². The number of fused-ring (bicyclic) bond motifs is 1. The van der Waals surface area contributed by atoms with Crippen LogP contribution >= 0.6 is 11.3 Å². The molecule has 0 saturated carbocycles. The molecule has 1 amide bonds. The number of carbonyl (C=O) groups is 1. The van der Waals surface area contributed by atoms with Crippen LogP contribution in [0.4, 0.5) is 5.00 Å². The lowest BCUT2D eigenvalue weighted by molar-refractivity contribution is -0.380.